The zero-order valence-corrected chi connectivity index (χ0v) is 19.5. The van der Waals surface area contributed by atoms with Crippen LogP contribution < -0.4 is 10.1 Å². The summed E-state index contributed by atoms with van der Waals surface area (Å²) in [4.78, 5) is 32.1. The van der Waals surface area contributed by atoms with Crippen molar-refractivity contribution >= 4 is 39.9 Å². The Morgan fingerprint density at radius 2 is 2.00 bits per heavy atom. The van der Waals surface area contributed by atoms with Crippen LogP contribution in [0.5, 0.6) is 5.75 Å². The molecule has 6 nitrogen and oxygen atoms in total. The number of carbonyl (C=O) groups is 2. The van der Waals surface area contributed by atoms with Crippen molar-refractivity contribution in [3.63, 3.8) is 0 Å². The number of nitrogens with one attached hydrogen (secondary N) is 1. The van der Waals surface area contributed by atoms with Gasteiger partial charge < -0.3 is 15.0 Å². The Balaban J connectivity index is 1.43. The van der Waals surface area contributed by atoms with Crippen molar-refractivity contribution < 1.29 is 14.3 Å². The fourth-order valence-electron chi connectivity index (χ4n) is 3.83. The molecule has 0 saturated carbocycles. The molecule has 0 spiro atoms. The lowest BCUT2D eigenvalue weighted by Gasteiger charge is -2.32. The zero-order chi connectivity index (χ0) is 22.7. The van der Waals surface area contributed by atoms with Crippen LogP contribution in [0.15, 0.2) is 47.8 Å². The van der Waals surface area contributed by atoms with Gasteiger partial charge in [0.1, 0.15) is 5.75 Å². The maximum absolute atomic E-state index is 12.9. The van der Waals surface area contributed by atoms with E-state index in [1.54, 1.807) is 36.3 Å². The van der Waals surface area contributed by atoms with E-state index in [0.29, 0.717) is 28.8 Å². The molecule has 1 atom stereocenters. The van der Waals surface area contributed by atoms with Gasteiger partial charge >= 0.3 is 0 Å². The second kappa shape index (κ2) is 9.71. The fraction of sp³-hybridized carbons (Fsp3) is 0.292. The van der Waals surface area contributed by atoms with Gasteiger partial charge in [0.25, 0.3) is 5.91 Å². The summed E-state index contributed by atoms with van der Waals surface area (Å²) < 4.78 is 5.45. The van der Waals surface area contributed by atoms with Crippen LogP contribution in [0.25, 0.3) is 11.3 Å². The Bertz CT molecular complexity index is 1130. The number of benzene rings is 2. The van der Waals surface area contributed by atoms with E-state index in [2.05, 4.69) is 10.3 Å². The SMILES string of the molecule is COc1ccc(C)cc1-c1csc(NC(=O)C2CCCN(C(=O)c3ccc(Cl)cc3)C2)n1. The molecule has 0 aliphatic carbocycles. The first-order chi connectivity index (χ1) is 15.4. The van der Waals surface area contributed by atoms with E-state index in [1.165, 1.54) is 11.3 Å². The second-order valence-electron chi connectivity index (χ2n) is 7.83. The van der Waals surface area contributed by atoms with Crippen LogP contribution in [0, 0.1) is 12.8 Å². The van der Waals surface area contributed by atoms with E-state index in [4.69, 9.17) is 16.3 Å². The smallest absolute Gasteiger partial charge is 0.253 e. The first-order valence-electron chi connectivity index (χ1n) is 10.4. The van der Waals surface area contributed by atoms with Gasteiger partial charge in [0, 0.05) is 34.6 Å². The first kappa shape index (κ1) is 22.3. The van der Waals surface area contributed by atoms with Crippen LogP contribution in [0.4, 0.5) is 5.13 Å². The van der Waals surface area contributed by atoms with E-state index < -0.39 is 0 Å². The number of hydrogen-bond acceptors (Lipinski definition) is 5. The van der Waals surface area contributed by atoms with Crippen molar-refractivity contribution in [3.8, 4) is 17.0 Å². The molecule has 0 radical (unpaired) electrons. The molecule has 32 heavy (non-hydrogen) atoms. The lowest BCUT2D eigenvalue weighted by atomic mass is 9.96. The van der Waals surface area contributed by atoms with Crippen LogP contribution >= 0.6 is 22.9 Å². The Labute approximate surface area is 196 Å². The number of carbonyl (C=O) groups excluding carboxylic acids is 2. The Morgan fingerprint density at radius 1 is 1.22 bits per heavy atom. The molecular formula is C24H24ClN3O3S. The maximum Gasteiger partial charge on any atom is 0.253 e. The van der Waals surface area contributed by atoms with E-state index in [1.807, 2.05) is 30.5 Å². The molecule has 1 unspecified atom stereocenters. The van der Waals surface area contributed by atoms with Gasteiger partial charge in [-0.05, 0) is 56.2 Å². The Morgan fingerprint density at radius 3 is 2.75 bits per heavy atom. The van der Waals surface area contributed by atoms with Gasteiger partial charge in [-0.15, -0.1) is 11.3 Å². The van der Waals surface area contributed by atoms with E-state index in [-0.39, 0.29) is 17.7 Å². The van der Waals surface area contributed by atoms with Gasteiger partial charge in [0.2, 0.25) is 5.91 Å². The van der Waals surface area contributed by atoms with Gasteiger partial charge in [-0.2, -0.15) is 0 Å². The van der Waals surface area contributed by atoms with E-state index in [9.17, 15) is 9.59 Å². The number of amides is 2. The van der Waals surface area contributed by atoms with Crippen LogP contribution in [-0.4, -0.2) is 41.9 Å². The number of thiazole rings is 1. The minimum Gasteiger partial charge on any atom is -0.496 e. The monoisotopic (exact) mass is 469 g/mol. The second-order valence-corrected chi connectivity index (χ2v) is 9.12. The zero-order valence-electron chi connectivity index (χ0n) is 17.9. The average Bonchev–Trinajstić information content (AvgIpc) is 3.27. The summed E-state index contributed by atoms with van der Waals surface area (Å²) in [5, 5.41) is 5.96. The number of aromatic nitrogens is 1. The molecule has 2 amide bonds. The first-order valence-corrected chi connectivity index (χ1v) is 11.7. The number of halogens is 1. The van der Waals surface area contributed by atoms with Crippen molar-refractivity contribution in [3.05, 3.63) is 64.0 Å². The highest BCUT2D eigenvalue weighted by Gasteiger charge is 2.29. The highest BCUT2D eigenvalue weighted by Crippen LogP contribution is 2.33. The van der Waals surface area contributed by atoms with Crippen molar-refractivity contribution in [2.45, 2.75) is 19.8 Å². The number of rotatable bonds is 5. The highest BCUT2D eigenvalue weighted by molar-refractivity contribution is 7.14. The van der Waals surface area contributed by atoms with Crippen LogP contribution in [-0.2, 0) is 4.79 Å². The van der Waals surface area contributed by atoms with Gasteiger partial charge in [-0.3, -0.25) is 9.59 Å². The van der Waals surface area contributed by atoms with Gasteiger partial charge in [-0.1, -0.05) is 23.2 Å². The summed E-state index contributed by atoms with van der Waals surface area (Å²) >= 11 is 7.29. The van der Waals surface area contributed by atoms with Crippen molar-refractivity contribution in [1.29, 1.82) is 0 Å². The topological polar surface area (TPSA) is 71.5 Å². The van der Waals surface area contributed by atoms with Crippen LogP contribution in [0.1, 0.15) is 28.8 Å². The summed E-state index contributed by atoms with van der Waals surface area (Å²) in [6.07, 6.45) is 1.52. The minimum absolute atomic E-state index is 0.0813. The predicted octanol–water partition coefficient (Wildman–Crippen LogP) is 5.27. The Hall–Kier alpha value is -2.90. The number of ether oxygens (including phenoxy) is 1. The molecule has 166 valence electrons. The molecule has 1 N–H and O–H groups in total. The summed E-state index contributed by atoms with van der Waals surface area (Å²) in [5.41, 5.74) is 3.33. The molecule has 1 aliphatic rings. The molecule has 0 bridgehead atoms. The van der Waals surface area contributed by atoms with Crippen LogP contribution in [0.3, 0.4) is 0 Å². The third kappa shape index (κ3) is 4.95. The number of likely N-dealkylation sites (tertiary alicyclic amines) is 1. The van der Waals surface area contributed by atoms with Crippen molar-refractivity contribution in [2.24, 2.45) is 5.92 Å². The molecule has 4 rings (SSSR count). The van der Waals surface area contributed by atoms with E-state index in [0.717, 1.165) is 35.4 Å². The molecule has 2 heterocycles. The number of piperidine rings is 1. The van der Waals surface area contributed by atoms with Gasteiger partial charge in [0.05, 0.1) is 18.7 Å². The minimum atomic E-state index is -0.277. The third-order valence-corrected chi connectivity index (χ3v) is 6.55. The average molecular weight is 470 g/mol. The predicted molar refractivity (Wildman–Crippen MR) is 128 cm³/mol. The number of hydrogen-bond donors (Lipinski definition) is 1. The molecule has 3 aromatic rings. The summed E-state index contributed by atoms with van der Waals surface area (Å²) in [7, 11) is 1.63. The van der Waals surface area contributed by atoms with Crippen molar-refractivity contribution in [2.75, 3.05) is 25.5 Å². The number of anilines is 1. The van der Waals surface area contributed by atoms with E-state index >= 15 is 0 Å². The number of aryl methyl sites for hydroxylation is 1. The van der Waals surface area contributed by atoms with Gasteiger partial charge in [0.15, 0.2) is 5.13 Å². The summed E-state index contributed by atoms with van der Waals surface area (Å²) in [5.74, 6) is 0.265. The fourth-order valence-corrected chi connectivity index (χ4v) is 4.67. The molecule has 1 aliphatic heterocycles. The largest absolute Gasteiger partial charge is 0.496 e. The maximum atomic E-state index is 12.9. The normalized spacial score (nSPS) is 16.0. The van der Waals surface area contributed by atoms with Crippen LogP contribution in [0.2, 0.25) is 5.02 Å². The lowest BCUT2D eigenvalue weighted by molar-refractivity contribution is -0.121. The molecule has 1 saturated heterocycles. The number of methoxy groups -OCH3 is 1. The lowest BCUT2D eigenvalue weighted by Crippen LogP contribution is -2.43. The molecule has 1 aromatic heterocycles. The third-order valence-electron chi connectivity index (χ3n) is 5.54. The highest BCUT2D eigenvalue weighted by atomic mass is 35.5. The molecule has 8 heteroatoms. The van der Waals surface area contributed by atoms with Gasteiger partial charge in [-0.25, -0.2) is 4.98 Å². The van der Waals surface area contributed by atoms with Crippen molar-refractivity contribution in [1.82, 2.24) is 9.88 Å². The molecule has 1 fully saturated rings. The summed E-state index contributed by atoms with van der Waals surface area (Å²) in [6, 6.07) is 12.7. The molecule has 2 aromatic carbocycles. The quantitative estimate of drug-likeness (QED) is 0.552. The Kier molecular flexibility index (Phi) is 6.77. The number of nitrogens with zero attached hydrogens (tertiary/aromatic N) is 2. The summed E-state index contributed by atoms with van der Waals surface area (Å²) in [6.45, 7) is 3.04. The molecular weight excluding hydrogens is 446 g/mol. The standard InChI is InChI=1S/C24H24ClN3O3S/c1-15-5-10-21(31-2)19(12-15)20-14-32-24(26-20)27-22(29)17-4-3-11-28(13-17)23(30)16-6-8-18(25)9-7-16/h5-10,12,14,17H,3-4,11,13H2,1-2H3,(H,26,27,29).